The Bertz CT molecular complexity index is 843. The molecule has 7 nitrogen and oxygen atoms in total. The maximum atomic E-state index is 12.3. The molecule has 0 bridgehead atoms. The number of hydrogen-bond donors (Lipinski definition) is 1. The summed E-state index contributed by atoms with van der Waals surface area (Å²) >= 11 is 0. The molecule has 0 aliphatic rings. The van der Waals surface area contributed by atoms with Crippen LogP contribution in [-0.4, -0.2) is 33.0 Å². The lowest BCUT2D eigenvalue weighted by Crippen LogP contribution is -2.23. The van der Waals surface area contributed by atoms with Crippen LogP contribution in [0.4, 0.5) is 0 Å². The molecule has 0 aliphatic carbocycles. The van der Waals surface area contributed by atoms with Crippen molar-refractivity contribution in [2.45, 2.75) is 20.0 Å². The van der Waals surface area contributed by atoms with Crippen LogP contribution in [0.5, 0.6) is 5.88 Å². The highest BCUT2D eigenvalue weighted by Gasteiger charge is 2.11. The van der Waals surface area contributed by atoms with Gasteiger partial charge in [0.15, 0.2) is 0 Å². The van der Waals surface area contributed by atoms with Crippen molar-refractivity contribution in [3.8, 4) is 5.88 Å². The molecule has 1 N–H and O–H groups in total. The Kier molecular flexibility index (Phi) is 4.18. The number of methoxy groups -OCH3 is 1. The zero-order chi connectivity index (χ0) is 16.2. The van der Waals surface area contributed by atoms with E-state index in [1.54, 1.807) is 36.2 Å². The number of nitrogens with one attached hydrogen (secondary N) is 1. The van der Waals surface area contributed by atoms with Crippen LogP contribution >= 0.6 is 0 Å². The van der Waals surface area contributed by atoms with Crippen molar-refractivity contribution >= 4 is 16.9 Å². The van der Waals surface area contributed by atoms with Crippen molar-refractivity contribution in [2.24, 2.45) is 0 Å². The summed E-state index contributed by atoms with van der Waals surface area (Å²) in [5.41, 5.74) is 2.99. The van der Waals surface area contributed by atoms with Crippen LogP contribution in [0.3, 0.4) is 0 Å². The Balaban J connectivity index is 1.75. The van der Waals surface area contributed by atoms with E-state index in [2.05, 4.69) is 20.6 Å². The lowest BCUT2D eigenvalue weighted by molar-refractivity contribution is 0.0950. The van der Waals surface area contributed by atoms with Crippen molar-refractivity contribution < 1.29 is 9.53 Å². The zero-order valence-corrected chi connectivity index (χ0v) is 13.0. The Morgan fingerprint density at radius 2 is 2.22 bits per heavy atom. The topological polar surface area (TPSA) is 81.9 Å². The average molecular weight is 311 g/mol. The van der Waals surface area contributed by atoms with Gasteiger partial charge in [-0.15, -0.1) is 5.10 Å². The van der Waals surface area contributed by atoms with E-state index in [0.29, 0.717) is 23.5 Å². The number of pyridine rings is 1. The Morgan fingerprint density at radius 1 is 1.35 bits per heavy atom. The standard InChI is InChI=1S/C16H17N5O2/c1-3-21-14-7-6-11(9-13(14)19-20-21)15(22)18-10-12-5-4-8-17-16(12)23-2/h4-9H,3,10H2,1-2H3,(H,18,22). The fourth-order valence-corrected chi connectivity index (χ4v) is 2.37. The van der Waals surface area contributed by atoms with Crippen molar-refractivity contribution in [3.05, 3.63) is 47.7 Å². The molecule has 2 heterocycles. The third-order valence-corrected chi connectivity index (χ3v) is 3.56. The minimum Gasteiger partial charge on any atom is -0.481 e. The number of carbonyl (C=O) groups excluding carboxylic acids is 1. The predicted molar refractivity (Wildman–Crippen MR) is 85.2 cm³/mol. The first kappa shape index (κ1) is 15.0. The second-order valence-electron chi connectivity index (χ2n) is 4.96. The van der Waals surface area contributed by atoms with Crippen LogP contribution in [0, 0.1) is 0 Å². The van der Waals surface area contributed by atoms with Gasteiger partial charge in [0.05, 0.1) is 12.6 Å². The molecular formula is C16H17N5O2. The van der Waals surface area contributed by atoms with Crippen LogP contribution in [-0.2, 0) is 13.1 Å². The predicted octanol–water partition coefficient (Wildman–Crippen LogP) is 1.78. The molecule has 0 radical (unpaired) electrons. The number of nitrogens with zero attached hydrogens (tertiary/aromatic N) is 4. The Hall–Kier alpha value is -2.96. The fraction of sp³-hybridized carbons (Fsp3) is 0.250. The largest absolute Gasteiger partial charge is 0.481 e. The number of benzene rings is 1. The molecule has 0 fully saturated rings. The molecule has 1 aromatic carbocycles. The Labute approximate surface area is 133 Å². The summed E-state index contributed by atoms with van der Waals surface area (Å²) < 4.78 is 6.96. The van der Waals surface area contributed by atoms with Crippen LogP contribution in [0.1, 0.15) is 22.8 Å². The van der Waals surface area contributed by atoms with Crippen molar-refractivity contribution in [3.63, 3.8) is 0 Å². The molecule has 23 heavy (non-hydrogen) atoms. The van der Waals surface area contributed by atoms with Gasteiger partial charge in [-0.3, -0.25) is 4.79 Å². The van der Waals surface area contributed by atoms with Crippen molar-refractivity contribution in [1.82, 2.24) is 25.3 Å². The van der Waals surface area contributed by atoms with Gasteiger partial charge >= 0.3 is 0 Å². The van der Waals surface area contributed by atoms with Gasteiger partial charge < -0.3 is 10.1 Å². The smallest absolute Gasteiger partial charge is 0.251 e. The van der Waals surface area contributed by atoms with E-state index in [-0.39, 0.29) is 5.91 Å². The van der Waals surface area contributed by atoms with E-state index < -0.39 is 0 Å². The van der Waals surface area contributed by atoms with Crippen molar-refractivity contribution in [2.75, 3.05) is 7.11 Å². The quantitative estimate of drug-likeness (QED) is 0.777. The molecule has 0 saturated heterocycles. The van der Waals surface area contributed by atoms with Gasteiger partial charge in [0.2, 0.25) is 5.88 Å². The molecule has 0 saturated carbocycles. The van der Waals surface area contributed by atoms with Crippen LogP contribution in [0.2, 0.25) is 0 Å². The molecule has 3 aromatic rings. The van der Waals surface area contributed by atoms with Gasteiger partial charge in [-0.2, -0.15) is 0 Å². The summed E-state index contributed by atoms with van der Waals surface area (Å²) in [4.78, 5) is 16.4. The zero-order valence-electron chi connectivity index (χ0n) is 13.0. The van der Waals surface area contributed by atoms with Crippen molar-refractivity contribution in [1.29, 1.82) is 0 Å². The van der Waals surface area contributed by atoms with E-state index in [4.69, 9.17) is 4.74 Å². The van der Waals surface area contributed by atoms with Gasteiger partial charge in [-0.05, 0) is 31.2 Å². The normalized spacial score (nSPS) is 10.7. The number of hydrogen-bond acceptors (Lipinski definition) is 5. The number of amides is 1. The summed E-state index contributed by atoms with van der Waals surface area (Å²) in [7, 11) is 1.55. The Morgan fingerprint density at radius 3 is 3.00 bits per heavy atom. The second kappa shape index (κ2) is 6.43. The summed E-state index contributed by atoms with van der Waals surface area (Å²) in [6.45, 7) is 3.08. The first-order valence-corrected chi connectivity index (χ1v) is 7.32. The van der Waals surface area contributed by atoms with Gasteiger partial charge in [0, 0.05) is 30.4 Å². The van der Waals surface area contributed by atoms with Crippen LogP contribution in [0.25, 0.3) is 11.0 Å². The molecule has 3 rings (SSSR count). The first-order chi connectivity index (χ1) is 11.2. The van der Waals surface area contributed by atoms with Gasteiger partial charge in [-0.25, -0.2) is 9.67 Å². The van der Waals surface area contributed by atoms with E-state index >= 15 is 0 Å². The number of carbonyl (C=O) groups is 1. The molecule has 0 unspecified atom stereocenters. The molecule has 0 aliphatic heterocycles. The number of rotatable bonds is 5. The lowest BCUT2D eigenvalue weighted by Gasteiger charge is -2.08. The van der Waals surface area contributed by atoms with E-state index in [1.807, 2.05) is 19.1 Å². The maximum Gasteiger partial charge on any atom is 0.251 e. The van der Waals surface area contributed by atoms with E-state index in [0.717, 1.165) is 17.6 Å². The highest BCUT2D eigenvalue weighted by Crippen LogP contribution is 2.15. The van der Waals surface area contributed by atoms with Crippen LogP contribution in [0.15, 0.2) is 36.5 Å². The summed E-state index contributed by atoms with van der Waals surface area (Å²) in [6.07, 6.45) is 1.65. The SMILES string of the molecule is CCn1nnc2cc(C(=O)NCc3cccnc3OC)ccc21. The monoisotopic (exact) mass is 311 g/mol. The summed E-state index contributed by atoms with van der Waals surface area (Å²) in [5.74, 6) is 0.331. The third kappa shape index (κ3) is 2.98. The number of fused-ring (bicyclic) bond motifs is 1. The van der Waals surface area contributed by atoms with Crippen LogP contribution < -0.4 is 10.1 Å². The highest BCUT2D eigenvalue weighted by molar-refractivity contribution is 5.97. The van der Waals surface area contributed by atoms with E-state index in [9.17, 15) is 4.79 Å². The number of ether oxygens (including phenoxy) is 1. The van der Waals surface area contributed by atoms with Gasteiger partial charge in [-0.1, -0.05) is 11.3 Å². The molecule has 118 valence electrons. The molecule has 0 atom stereocenters. The van der Waals surface area contributed by atoms with E-state index in [1.165, 1.54) is 0 Å². The number of aromatic nitrogens is 4. The third-order valence-electron chi connectivity index (χ3n) is 3.56. The second-order valence-corrected chi connectivity index (χ2v) is 4.96. The summed E-state index contributed by atoms with van der Waals surface area (Å²) in [5, 5.41) is 11.0. The highest BCUT2D eigenvalue weighted by atomic mass is 16.5. The first-order valence-electron chi connectivity index (χ1n) is 7.32. The minimum atomic E-state index is -0.177. The molecule has 0 spiro atoms. The van der Waals surface area contributed by atoms with Gasteiger partial charge in [0.25, 0.3) is 5.91 Å². The van der Waals surface area contributed by atoms with Gasteiger partial charge in [0.1, 0.15) is 5.52 Å². The molecule has 2 aromatic heterocycles. The summed E-state index contributed by atoms with van der Waals surface area (Å²) in [6, 6.07) is 9.04. The minimum absolute atomic E-state index is 0.177. The fourth-order valence-electron chi connectivity index (χ4n) is 2.37. The number of aryl methyl sites for hydroxylation is 1. The molecular weight excluding hydrogens is 294 g/mol. The molecule has 7 heteroatoms. The lowest BCUT2D eigenvalue weighted by atomic mass is 10.1. The molecule has 1 amide bonds. The maximum absolute atomic E-state index is 12.3. The average Bonchev–Trinajstić information content (AvgIpc) is 3.02.